The molecule has 5 nitrogen and oxygen atoms in total. The third-order valence-electron chi connectivity index (χ3n) is 3.36. The Labute approximate surface area is 129 Å². The summed E-state index contributed by atoms with van der Waals surface area (Å²) in [7, 11) is -3.77. The molecule has 2 rings (SSSR count). The zero-order valence-corrected chi connectivity index (χ0v) is 13.1. The molecule has 6 heteroatoms. The molecule has 0 aliphatic carbocycles. The summed E-state index contributed by atoms with van der Waals surface area (Å²) in [6.07, 6.45) is 0.820. The molecular formula is C16H16NO4S-. The highest BCUT2D eigenvalue weighted by molar-refractivity contribution is 7.92. The minimum atomic E-state index is -3.77. The fourth-order valence-electron chi connectivity index (χ4n) is 1.97. The van der Waals surface area contributed by atoms with Crippen molar-refractivity contribution in [1.82, 2.24) is 0 Å². The number of hydrogen-bond acceptors (Lipinski definition) is 4. The van der Waals surface area contributed by atoms with Crippen LogP contribution in [0.25, 0.3) is 0 Å². The maximum Gasteiger partial charge on any atom is 0.261 e. The summed E-state index contributed by atoms with van der Waals surface area (Å²) in [4.78, 5) is 11.0. The first-order valence-corrected chi connectivity index (χ1v) is 8.25. The molecule has 0 aliphatic rings. The Morgan fingerprint density at radius 2 is 1.77 bits per heavy atom. The topological polar surface area (TPSA) is 86.3 Å². The monoisotopic (exact) mass is 318 g/mol. The maximum absolute atomic E-state index is 12.4. The molecular weight excluding hydrogens is 302 g/mol. The van der Waals surface area contributed by atoms with Crippen molar-refractivity contribution in [3.8, 4) is 0 Å². The normalized spacial score (nSPS) is 11.2. The number of sulfonamides is 1. The lowest BCUT2D eigenvalue weighted by Crippen LogP contribution is -2.22. The van der Waals surface area contributed by atoms with Gasteiger partial charge in [0.1, 0.15) is 0 Å². The molecule has 0 fully saturated rings. The number of aryl methyl sites for hydroxylation is 2. The van der Waals surface area contributed by atoms with E-state index in [-0.39, 0.29) is 16.1 Å². The molecule has 0 bridgehead atoms. The summed E-state index contributed by atoms with van der Waals surface area (Å²) in [6, 6.07) is 10.7. The highest BCUT2D eigenvalue weighted by Gasteiger charge is 2.15. The Morgan fingerprint density at radius 3 is 2.32 bits per heavy atom. The predicted octanol–water partition coefficient (Wildman–Crippen LogP) is 1.72. The van der Waals surface area contributed by atoms with Gasteiger partial charge in [-0.15, -0.1) is 0 Å². The quantitative estimate of drug-likeness (QED) is 0.909. The number of carbonyl (C=O) groups excluding carboxylic acids is 1. The van der Waals surface area contributed by atoms with E-state index in [1.54, 1.807) is 19.1 Å². The van der Waals surface area contributed by atoms with Gasteiger partial charge in [0, 0.05) is 0 Å². The molecule has 0 heterocycles. The molecule has 0 spiro atoms. The Bertz CT molecular complexity index is 795. The van der Waals surface area contributed by atoms with Crippen LogP contribution in [-0.2, 0) is 16.4 Å². The van der Waals surface area contributed by atoms with Crippen LogP contribution < -0.4 is 9.83 Å². The third-order valence-corrected chi connectivity index (χ3v) is 4.74. The predicted molar refractivity (Wildman–Crippen MR) is 82.1 cm³/mol. The fourth-order valence-corrected chi connectivity index (χ4v) is 3.09. The van der Waals surface area contributed by atoms with Gasteiger partial charge in [-0.05, 0) is 48.2 Å². The van der Waals surface area contributed by atoms with Gasteiger partial charge in [0.25, 0.3) is 10.0 Å². The summed E-state index contributed by atoms with van der Waals surface area (Å²) in [5, 5.41) is 10.9. The molecule has 2 aromatic rings. The van der Waals surface area contributed by atoms with Crippen molar-refractivity contribution >= 4 is 21.7 Å². The first-order valence-electron chi connectivity index (χ1n) is 6.77. The molecule has 0 unspecified atom stereocenters. The van der Waals surface area contributed by atoms with Crippen molar-refractivity contribution in [2.24, 2.45) is 0 Å². The molecule has 22 heavy (non-hydrogen) atoms. The van der Waals surface area contributed by atoms with Crippen LogP contribution in [0.1, 0.15) is 28.4 Å². The van der Waals surface area contributed by atoms with E-state index in [4.69, 9.17) is 0 Å². The number of carboxylic acids is 1. The highest BCUT2D eigenvalue weighted by Crippen LogP contribution is 2.21. The molecule has 0 aromatic heterocycles. The van der Waals surface area contributed by atoms with Crippen LogP contribution in [0, 0.1) is 6.92 Å². The number of hydrogen-bond donors (Lipinski definition) is 1. The maximum atomic E-state index is 12.4. The van der Waals surface area contributed by atoms with E-state index in [9.17, 15) is 18.3 Å². The Balaban J connectivity index is 2.35. The first kappa shape index (κ1) is 16.0. The second-order valence-corrected chi connectivity index (χ2v) is 6.60. The Hall–Kier alpha value is -2.34. The average Bonchev–Trinajstić information content (AvgIpc) is 2.49. The number of carbonyl (C=O) groups is 1. The SMILES string of the molecule is CCc1ccc(S(=O)(=O)Nc2cc(C(=O)[O-])ccc2C)cc1. The molecule has 116 valence electrons. The van der Waals surface area contributed by atoms with Gasteiger partial charge in [-0.1, -0.05) is 31.2 Å². The van der Waals surface area contributed by atoms with E-state index >= 15 is 0 Å². The number of anilines is 1. The number of aromatic carboxylic acids is 1. The summed E-state index contributed by atoms with van der Waals surface area (Å²) in [5.41, 5.74) is 1.80. The van der Waals surface area contributed by atoms with E-state index in [2.05, 4.69) is 4.72 Å². The lowest BCUT2D eigenvalue weighted by molar-refractivity contribution is -0.255. The van der Waals surface area contributed by atoms with Crippen LogP contribution in [0.2, 0.25) is 0 Å². The summed E-state index contributed by atoms with van der Waals surface area (Å²) in [5.74, 6) is -1.35. The van der Waals surface area contributed by atoms with Gasteiger partial charge in [0.15, 0.2) is 0 Å². The zero-order chi connectivity index (χ0) is 16.3. The average molecular weight is 318 g/mol. The summed E-state index contributed by atoms with van der Waals surface area (Å²) in [6.45, 7) is 3.67. The molecule has 0 amide bonds. The van der Waals surface area contributed by atoms with Gasteiger partial charge >= 0.3 is 0 Å². The van der Waals surface area contributed by atoms with Crippen LogP contribution in [-0.4, -0.2) is 14.4 Å². The van der Waals surface area contributed by atoms with Crippen molar-refractivity contribution in [3.63, 3.8) is 0 Å². The standard InChI is InChI=1S/C16H17NO4S/c1-3-12-5-8-14(9-6-12)22(20,21)17-15-10-13(16(18)19)7-4-11(15)2/h4-10,17H,3H2,1-2H3,(H,18,19)/p-1. The third kappa shape index (κ3) is 3.46. The van der Waals surface area contributed by atoms with Gasteiger partial charge in [-0.3, -0.25) is 4.72 Å². The van der Waals surface area contributed by atoms with Crippen LogP contribution in [0.3, 0.4) is 0 Å². The van der Waals surface area contributed by atoms with Crippen LogP contribution in [0.15, 0.2) is 47.4 Å². The van der Waals surface area contributed by atoms with E-state index in [1.165, 1.54) is 30.3 Å². The van der Waals surface area contributed by atoms with Gasteiger partial charge < -0.3 is 9.90 Å². The zero-order valence-electron chi connectivity index (χ0n) is 12.3. The summed E-state index contributed by atoms with van der Waals surface area (Å²) < 4.78 is 27.1. The van der Waals surface area contributed by atoms with Gasteiger partial charge in [0.05, 0.1) is 16.6 Å². The second-order valence-electron chi connectivity index (χ2n) is 4.92. The van der Waals surface area contributed by atoms with E-state index in [0.717, 1.165) is 12.0 Å². The number of rotatable bonds is 5. The molecule has 2 aromatic carbocycles. The number of nitrogens with one attached hydrogen (secondary N) is 1. The van der Waals surface area contributed by atoms with Crippen LogP contribution in [0.4, 0.5) is 5.69 Å². The van der Waals surface area contributed by atoms with E-state index < -0.39 is 16.0 Å². The van der Waals surface area contributed by atoms with Crippen molar-refractivity contribution in [2.45, 2.75) is 25.2 Å². The minimum Gasteiger partial charge on any atom is -0.545 e. The number of carboxylic acid groups (broad SMARTS) is 1. The van der Waals surface area contributed by atoms with Crippen molar-refractivity contribution in [1.29, 1.82) is 0 Å². The van der Waals surface area contributed by atoms with Gasteiger partial charge in [-0.2, -0.15) is 0 Å². The number of benzene rings is 2. The van der Waals surface area contributed by atoms with Crippen molar-refractivity contribution in [2.75, 3.05) is 4.72 Å². The van der Waals surface area contributed by atoms with Crippen molar-refractivity contribution in [3.05, 3.63) is 59.2 Å². The van der Waals surface area contributed by atoms with Gasteiger partial charge in [-0.25, -0.2) is 8.42 Å². The molecule has 0 saturated heterocycles. The molecule has 0 aliphatic heterocycles. The Morgan fingerprint density at radius 1 is 1.14 bits per heavy atom. The van der Waals surface area contributed by atoms with E-state index in [0.29, 0.717) is 5.56 Å². The van der Waals surface area contributed by atoms with Crippen LogP contribution in [0.5, 0.6) is 0 Å². The van der Waals surface area contributed by atoms with E-state index in [1.807, 2.05) is 6.92 Å². The molecule has 0 atom stereocenters. The summed E-state index contributed by atoms with van der Waals surface area (Å²) >= 11 is 0. The largest absolute Gasteiger partial charge is 0.545 e. The molecule has 0 radical (unpaired) electrons. The second kappa shape index (κ2) is 6.19. The van der Waals surface area contributed by atoms with Crippen LogP contribution >= 0.6 is 0 Å². The minimum absolute atomic E-state index is 0.0790. The van der Waals surface area contributed by atoms with Crippen molar-refractivity contribution < 1.29 is 18.3 Å². The Kier molecular flexibility index (Phi) is 4.51. The first-order chi connectivity index (χ1) is 10.3. The molecule has 1 N–H and O–H groups in total. The van der Waals surface area contributed by atoms with Gasteiger partial charge in [0.2, 0.25) is 0 Å². The lowest BCUT2D eigenvalue weighted by atomic mass is 10.1. The highest BCUT2D eigenvalue weighted by atomic mass is 32.2. The fraction of sp³-hybridized carbons (Fsp3) is 0.188. The lowest BCUT2D eigenvalue weighted by Gasteiger charge is -2.13. The molecule has 0 saturated carbocycles. The smallest absolute Gasteiger partial charge is 0.261 e.